The lowest BCUT2D eigenvalue weighted by Crippen LogP contribution is -2.74. The van der Waals surface area contributed by atoms with E-state index in [1.807, 2.05) is 0 Å². The van der Waals surface area contributed by atoms with Gasteiger partial charge in [0.05, 0.1) is 19.6 Å². The van der Waals surface area contributed by atoms with Crippen LogP contribution in [0, 0.1) is 52.4 Å². The van der Waals surface area contributed by atoms with Gasteiger partial charge in [-0.25, -0.2) is 13.2 Å². The molecule has 0 aliphatic carbocycles. The van der Waals surface area contributed by atoms with Gasteiger partial charge in [-0.2, -0.15) is 101 Å². The average molecular weight is 916 g/mol. The number of aliphatic hydroxyl groups excluding tert-OH is 1. The van der Waals surface area contributed by atoms with Crippen LogP contribution in [0.15, 0.2) is 18.2 Å². The zero-order valence-electron chi connectivity index (χ0n) is 26.9. The SMILES string of the molecule is OCc1cc(Oc2c(F)c(F)c(F)c(F)c2F)cc(Oc2c(F)c(F)c(OCCC(F)(F)C(F)(F)C(F)(F)C(F)(F)C(F)(F)C(F)(F)C(F)(F)C(F)(F)F)c(F)c2F)c1. The van der Waals surface area contributed by atoms with E-state index in [1.165, 1.54) is 0 Å². The standard InChI is InChI=1S/C29H10F26O4/c30-10-11(31)13(33)20(14(34)12(10)32)58-8-3-7(6-56)4-9(5-8)59-21-17(37)15(35)19(16(36)18(21)38)57-2-1-22(39,40)23(41,42)24(43,44)25(45,46)26(47,48)27(49,50)28(51,52)29(53,54)55/h3-5,56H,1-2,6H2. The molecule has 30 heteroatoms. The minimum Gasteiger partial charge on any atom is -0.487 e. The van der Waals surface area contributed by atoms with Crippen LogP contribution in [0.25, 0.3) is 0 Å². The van der Waals surface area contributed by atoms with E-state index in [-0.39, 0.29) is 6.07 Å². The Morgan fingerprint density at radius 1 is 0.390 bits per heavy atom. The molecule has 0 atom stereocenters. The predicted octanol–water partition coefficient (Wildman–Crippen LogP) is 11.8. The van der Waals surface area contributed by atoms with Crippen molar-refractivity contribution in [3.05, 3.63) is 76.1 Å². The summed E-state index contributed by atoms with van der Waals surface area (Å²) in [4.78, 5) is 0. The third kappa shape index (κ3) is 7.63. The van der Waals surface area contributed by atoms with E-state index in [0.29, 0.717) is 12.1 Å². The summed E-state index contributed by atoms with van der Waals surface area (Å²) >= 11 is 0. The van der Waals surface area contributed by atoms with E-state index in [9.17, 15) is 119 Å². The van der Waals surface area contributed by atoms with E-state index in [1.54, 1.807) is 0 Å². The molecule has 0 amide bonds. The zero-order valence-corrected chi connectivity index (χ0v) is 26.9. The maximum Gasteiger partial charge on any atom is 0.460 e. The first-order chi connectivity index (χ1) is 26.4. The topological polar surface area (TPSA) is 47.9 Å². The van der Waals surface area contributed by atoms with E-state index in [4.69, 9.17) is 0 Å². The highest BCUT2D eigenvalue weighted by Crippen LogP contribution is 2.64. The van der Waals surface area contributed by atoms with E-state index >= 15 is 0 Å². The molecular weight excluding hydrogens is 906 g/mol. The third-order valence-electron chi connectivity index (χ3n) is 7.36. The molecule has 0 aromatic heterocycles. The smallest absolute Gasteiger partial charge is 0.460 e. The molecule has 3 aromatic rings. The van der Waals surface area contributed by atoms with Crippen LogP contribution in [-0.4, -0.2) is 59.3 Å². The predicted molar refractivity (Wildman–Crippen MR) is 136 cm³/mol. The molecule has 0 aliphatic heterocycles. The average Bonchev–Trinajstić information content (AvgIpc) is 3.12. The van der Waals surface area contributed by atoms with Crippen molar-refractivity contribution in [2.45, 2.75) is 60.7 Å². The summed E-state index contributed by atoms with van der Waals surface area (Å²) in [5.41, 5.74) is -0.596. The van der Waals surface area contributed by atoms with Crippen molar-refractivity contribution in [2.75, 3.05) is 6.61 Å². The van der Waals surface area contributed by atoms with E-state index < -0.39 is 154 Å². The van der Waals surface area contributed by atoms with Crippen molar-refractivity contribution >= 4 is 0 Å². The van der Waals surface area contributed by atoms with Crippen LogP contribution in [0.5, 0.6) is 28.7 Å². The summed E-state index contributed by atoms with van der Waals surface area (Å²) < 4.78 is 368. The normalized spacial score (nSPS) is 13.9. The molecule has 0 fully saturated rings. The summed E-state index contributed by atoms with van der Waals surface area (Å²) in [5, 5.41) is 9.36. The van der Waals surface area contributed by atoms with Crippen LogP contribution in [0.3, 0.4) is 0 Å². The van der Waals surface area contributed by atoms with Crippen LogP contribution < -0.4 is 14.2 Å². The Kier molecular flexibility index (Phi) is 12.6. The molecule has 0 spiro atoms. The van der Waals surface area contributed by atoms with Gasteiger partial charge in [0.25, 0.3) is 0 Å². The number of rotatable bonds is 15. The van der Waals surface area contributed by atoms with Gasteiger partial charge in [-0.05, 0) is 17.7 Å². The Hall–Kier alpha value is -4.80. The Morgan fingerprint density at radius 3 is 1.05 bits per heavy atom. The van der Waals surface area contributed by atoms with Gasteiger partial charge in [-0.1, -0.05) is 0 Å². The number of alkyl halides is 17. The van der Waals surface area contributed by atoms with Crippen LogP contribution in [0.4, 0.5) is 114 Å². The maximum absolute atomic E-state index is 14.8. The molecule has 332 valence electrons. The molecule has 0 unspecified atom stereocenters. The molecule has 0 saturated carbocycles. The molecule has 59 heavy (non-hydrogen) atoms. The molecule has 0 radical (unpaired) electrons. The number of benzene rings is 3. The van der Waals surface area contributed by atoms with Crippen molar-refractivity contribution in [3.63, 3.8) is 0 Å². The van der Waals surface area contributed by atoms with Gasteiger partial charge in [0, 0.05) is 6.07 Å². The summed E-state index contributed by atoms with van der Waals surface area (Å²) in [6.45, 7) is -3.94. The first kappa shape index (κ1) is 48.6. The van der Waals surface area contributed by atoms with Gasteiger partial charge in [0.15, 0.2) is 5.75 Å². The molecule has 0 heterocycles. The summed E-state index contributed by atoms with van der Waals surface area (Å²) in [7, 11) is 0. The molecule has 3 rings (SSSR count). The number of ether oxygens (including phenoxy) is 3. The fourth-order valence-electron chi connectivity index (χ4n) is 4.19. The van der Waals surface area contributed by atoms with Gasteiger partial charge >= 0.3 is 47.6 Å². The summed E-state index contributed by atoms with van der Waals surface area (Å²) in [6, 6.07) is 1.25. The largest absolute Gasteiger partial charge is 0.487 e. The second-order valence-corrected chi connectivity index (χ2v) is 11.2. The van der Waals surface area contributed by atoms with Crippen LogP contribution in [-0.2, 0) is 6.61 Å². The minimum atomic E-state index is -8.95. The molecule has 3 aromatic carbocycles. The van der Waals surface area contributed by atoms with Crippen molar-refractivity contribution in [1.82, 2.24) is 0 Å². The van der Waals surface area contributed by atoms with Gasteiger partial charge in [-0.15, -0.1) is 0 Å². The first-order valence-electron chi connectivity index (χ1n) is 14.2. The highest BCUT2D eigenvalue weighted by atomic mass is 19.4. The Morgan fingerprint density at radius 2 is 0.695 bits per heavy atom. The fraction of sp³-hybridized carbons (Fsp3) is 0.379. The van der Waals surface area contributed by atoms with Gasteiger partial charge in [0.2, 0.25) is 63.9 Å². The monoisotopic (exact) mass is 916 g/mol. The first-order valence-corrected chi connectivity index (χ1v) is 14.2. The van der Waals surface area contributed by atoms with Crippen molar-refractivity contribution < 1.29 is 133 Å². The maximum atomic E-state index is 14.8. The second kappa shape index (κ2) is 15.3. The van der Waals surface area contributed by atoms with Crippen LogP contribution >= 0.6 is 0 Å². The minimum absolute atomic E-state index is 0.233. The van der Waals surface area contributed by atoms with E-state index in [2.05, 4.69) is 14.2 Å². The molecule has 0 aliphatic rings. The lowest BCUT2D eigenvalue weighted by molar-refractivity contribution is -0.461. The summed E-state index contributed by atoms with van der Waals surface area (Å²) in [5.74, 6) is -93.1. The van der Waals surface area contributed by atoms with Crippen LogP contribution in [0.1, 0.15) is 12.0 Å². The quantitative estimate of drug-likeness (QED) is 0.0937. The molecular formula is C29H10F26O4. The van der Waals surface area contributed by atoms with E-state index in [0.717, 1.165) is 0 Å². The molecule has 4 nitrogen and oxygen atoms in total. The number of hydrogen-bond acceptors (Lipinski definition) is 4. The highest BCUT2D eigenvalue weighted by Gasteiger charge is 2.95. The van der Waals surface area contributed by atoms with Crippen molar-refractivity contribution in [3.8, 4) is 28.7 Å². The third-order valence-corrected chi connectivity index (χ3v) is 7.36. The van der Waals surface area contributed by atoms with Gasteiger partial charge < -0.3 is 19.3 Å². The van der Waals surface area contributed by atoms with Crippen molar-refractivity contribution in [1.29, 1.82) is 0 Å². The van der Waals surface area contributed by atoms with Crippen molar-refractivity contribution in [2.24, 2.45) is 0 Å². The van der Waals surface area contributed by atoms with Crippen LogP contribution in [0.2, 0.25) is 0 Å². The molecule has 0 saturated heterocycles. The Balaban J connectivity index is 1.93. The lowest BCUT2D eigenvalue weighted by Gasteiger charge is -2.42. The van der Waals surface area contributed by atoms with Gasteiger partial charge in [0.1, 0.15) is 11.5 Å². The number of hydrogen-bond donors (Lipinski definition) is 1. The fourth-order valence-corrected chi connectivity index (χ4v) is 4.19. The van der Waals surface area contributed by atoms with Gasteiger partial charge in [-0.3, -0.25) is 0 Å². The molecule has 1 N–H and O–H groups in total. The highest BCUT2D eigenvalue weighted by molar-refractivity contribution is 5.46. The Labute approximate surface area is 306 Å². The Bertz CT molecular complexity index is 2020. The summed E-state index contributed by atoms with van der Waals surface area (Å²) in [6.07, 6.45) is -11.4. The lowest BCUT2D eigenvalue weighted by atomic mass is 9.88. The second-order valence-electron chi connectivity index (χ2n) is 11.2. The zero-order chi connectivity index (χ0) is 46.0. The number of halogens is 26. The molecule has 0 bridgehead atoms. The number of aliphatic hydroxyl groups is 1.